The van der Waals surface area contributed by atoms with Crippen molar-refractivity contribution >= 4 is 34.0 Å². The second-order valence-electron chi connectivity index (χ2n) is 3.76. The maximum Gasteiger partial charge on any atom is 0.164 e. The van der Waals surface area contributed by atoms with Crippen molar-refractivity contribution in [2.75, 3.05) is 5.32 Å². The van der Waals surface area contributed by atoms with Crippen molar-refractivity contribution in [3.63, 3.8) is 0 Å². The lowest BCUT2D eigenvalue weighted by molar-refractivity contribution is 0.900. The molecule has 1 heterocycles. The Kier molecular flexibility index (Phi) is 2.78. The van der Waals surface area contributed by atoms with E-state index in [9.17, 15) is 0 Å². The van der Waals surface area contributed by atoms with Crippen LogP contribution in [0, 0.1) is 0 Å². The lowest BCUT2D eigenvalue weighted by Gasteiger charge is -2.08. The predicted octanol–water partition coefficient (Wildman–Crippen LogP) is 3.42. The molecule has 18 heavy (non-hydrogen) atoms. The number of halogens is 1. The molecule has 0 amide bonds. The molecular weight excluding hydrogens is 248 g/mol. The Labute approximate surface area is 109 Å². The zero-order valence-corrected chi connectivity index (χ0v) is 10.1. The average Bonchev–Trinajstić information content (AvgIpc) is 2.42. The van der Waals surface area contributed by atoms with E-state index in [1.807, 2.05) is 48.5 Å². The highest BCUT2D eigenvalue weighted by molar-refractivity contribution is 6.33. The predicted molar refractivity (Wildman–Crippen MR) is 72.1 cm³/mol. The summed E-state index contributed by atoms with van der Waals surface area (Å²) in [6, 6.07) is 15.2. The molecule has 0 bridgehead atoms. The zero-order valence-electron chi connectivity index (χ0n) is 9.34. The molecule has 0 saturated heterocycles. The second-order valence-corrected chi connectivity index (χ2v) is 4.17. The Hall–Kier alpha value is -2.20. The number of nitrogens with zero attached hydrogens (tertiary/aromatic N) is 3. The van der Waals surface area contributed by atoms with Crippen LogP contribution in [0.3, 0.4) is 0 Å². The fourth-order valence-electron chi connectivity index (χ4n) is 1.71. The summed E-state index contributed by atoms with van der Waals surface area (Å²) in [5, 5.41) is 16.4. The van der Waals surface area contributed by atoms with Gasteiger partial charge >= 0.3 is 0 Å². The largest absolute Gasteiger partial charge is 0.337 e. The Morgan fingerprint density at radius 1 is 0.889 bits per heavy atom. The first-order valence-electron chi connectivity index (χ1n) is 5.44. The molecule has 0 atom stereocenters. The average molecular weight is 257 g/mol. The number of fused-ring (bicyclic) bond motifs is 1. The van der Waals surface area contributed by atoms with Crippen LogP contribution in [0.15, 0.2) is 48.5 Å². The van der Waals surface area contributed by atoms with E-state index in [-0.39, 0.29) is 0 Å². The van der Waals surface area contributed by atoms with E-state index in [1.165, 1.54) is 0 Å². The first-order valence-corrected chi connectivity index (χ1v) is 5.82. The molecule has 0 saturated carbocycles. The van der Waals surface area contributed by atoms with Gasteiger partial charge in [0, 0.05) is 5.39 Å². The minimum atomic E-state index is 0.639. The number of hydrogen-bond donors (Lipinski definition) is 1. The Morgan fingerprint density at radius 2 is 1.67 bits per heavy atom. The molecule has 2 aromatic carbocycles. The highest BCUT2D eigenvalue weighted by atomic mass is 35.5. The van der Waals surface area contributed by atoms with Gasteiger partial charge in [0.2, 0.25) is 0 Å². The fraction of sp³-hybridized carbons (Fsp3) is 0. The van der Waals surface area contributed by atoms with Crippen LogP contribution in [0.25, 0.3) is 10.9 Å². The Balaban J connectivity index is 2.08. The van der Waals surface area contributed by atoms with E-state index in [0.29, 0.717) is 10.8 Å². The van der Waals surface area contributed by atoms with Crippen LogP contribution in [0.5, 0.6) is 0 Å². The third kappa shape index (κ3) is 1.98. The number of aromatic nitrogens is 3. The van der Waals surface area contributed by atoms with E-state index in [2.05, 4.69) is 20.7 Å². The monoisotopic (exact) mass is 256 g/mol. The van der Waals surface area contributed by atoms with Crippen LogP contribution < -0.4 is 5.32 Å². The van der Waals surface area contributed by atoms with Gasteiger partial charge in [-0.2, -0.15) is 0 Å². The van der Waals surface area contributed by atoms with E-state index in [1.54, 1.807) is 0 Å². The van der Waals surface area contributed by atoms with Crippen LogP contribution in [0.1, 0.15) is 0 Å². The summed E-state index contributed by atoms with van der Waals surface area (Å²) in [6.07, 6.45) is 0. The summed E-state index contributed by atoms with van der Waals surface area (Å²) >= 11 is 6.10. The number of benzene rings is 2. The van der Waals surface area contributed by atoms with Crippen LogP contribution in [0.2, 0.25) is 5.02 Å². The van der Waals surface area contributed by atoms with Gasteiger partial charge in [0.1, 0.15) is 0 Å². The maximum absolute atomic E-state index is 6.10. The van der Waals surface area contributed by atoms with Crippen molar-refractivity contribution < 1.29 is 0 Å². The van der Waals surface area contributed by atoms with Gasteiger partial charge in [0.05, 0.1) is 16.2 Å². The first-order chi connectivity index (χ1) is 8.84. The normalized spacial score (nSPS) is 10.5. The highest BCUT2D eigenvalue weighted by Crippen LogP contribution is 2.26. The third-order valence-electron chi connectivity index (χ3n) is 2.58. The summed E-state index contributed by atoms with van der Waals surface area (Å²) in [6.45, 7) is 0. The van der Waals surface area contributed by atoms with Crippen molar-refractivity contribution in [1.82, 2.24) is 15.4 Å². The van der Waals surface area contributed by atoms with E-state index in [0.717, 1.165) is 16.6 Å². The molecule has 0 spiro atoms. The summed E-state index contributed by atoms with van der Waals surface area (Å²) < 4.78 is 0. The van der Waals surface area contributed by atoms with Crippen molar-refractivity contribution in [2.24, 2.45) is 0 Å². The van der Waals surface area contributed by atoms with E-state index in [4.69, 9.17) is 11.6 Å². The van der Waals surface area contributed by atoms with Gasteiger partial charge in [-0.15, -0.1) is 10.2 Å². The molecule has 4 nitrogen and oxygen atoms in total. The van der Waals surface area contributed by atoms with Gasteiger partial charge in [0.15, 0.2) is 5.82 Å². The number of para-hydroxylation sites is 1. The molecule has 0 fully saturated rings. The standard InChI is InChI=1S/C13H9ClN4/c14-10-6-2-4-8-12(10)15-13-9-5-1-3-7-11(9)16-18-17-13/h1-8H,(H,15,16,17). The highest BCUT2D eigenvalue weighted by Gasteiger charge is 2.06. The molecule has 0 aliphatic rings. The molecule has 0 radical (unpaired) electrons. The first kappa shape index (κ1) is 10.9. The van der Waals surface area contributed by atoms with Crippen molar-refractivity contribution in [3.8, 4) is 0 Å². The van der Waals surface area contributed by atoms with Crippen LogP contribution in [0.4, 0.5) is 11.5 Å². The molecule has 3 aromatic rings. The van der Waals surface area contributed by atoms with Gasteiger partial charge in [-0.25, -0.2) is 0 Å². The maximum atomic E-state index is 6.10. The Morgan fingerprint density at radius 3 is 2.56 bits per heavy atom. The molecule has 88 valence electrons. The molecular formula is C13H9ClN4. The van der Waals surface area contributed by atoms with Crippen molar-refractivity contribution in [1.29, 1.82) is 0 Å². The molecule has 0 aliphatic carbocycles. The smallest absolute Gasteiger partial charge is 0.164 e. The van der Waals surface area contributed by atoms with Crippen LogP contribution in [-0.2, 0) is 0 Å². The number of anilines is 2. The molecule has 1 N–H and O–H groups in total. The van der Waals surface area contributed by atoms with Gasteiger partial charge in [-0.1, -0.05) is 35.9 Å². The van der Waals surface area contributed by atoms with E-state index >= 15 is 0 Å². The van der Waals surface area contributed by atoms with Crippen molar-refractivity contribution in [2.45, 2.75) is 0 Å². The van der Waals surface area contributed by atoms with Gasteiger partial charge < -0.3 is 5.32 Å². The van der Waals surface area contributed by atoms with Gasteiger partial charge in [0.25, 0.3) is 0 Å². The summed E-state index contributed by atoms with van der Waals surface area (Å²) in [7, 11) is 0. The zero-order chi connectivity index (χ0) is 12.4. The number of nitrogens with one attached hydrogen (secondary N) is 1. The van der Waals surface area contributed by atoms with E-state index < -0.39 is 0 Å². The topological polar surface area (TPSA) is 50.7 Å². The minimum Gasteiger partial charge on any atom is -0.337 e. The lowest BCUT2D eigenvalue weighted by Crippen LogP contribution is -1.99. The molecule has 5 heteroatoms. The summed E-state index contributed by atoms with van der Waals surface area (Å²) in [5.74, 6) is 0.647. The van der Waals surface area contributed by atoms with Crippen LogP contribution in [-0.4, -0.2) is 15.4 Å². The quantitative estimate of drug-likeness (QED) is 0.763. The number of hydrogen-bond acceptors (Lipinski definition) is 4. The molecule has 0 unspecified atom stereocenters. The lowest BCUT2D eigenvalue weighted by atomic mass is 10.2. The third-order valence-corrected chi connectivity index (χ3v) is 2.91. The molecule has 1 aromatic heterocycles. The minimum absolute atomic E-state index is 0.639. The van der Waals surface area contributed by atoms with Gasteiger partial charge in [-0.05, 0) is 29.5 Å². The second kappa shape index (κ2) is 4.58. The summed E-state index contributed by atoms with van der Waals surface area (Å²) in [4.78, 5) is 0. The van der Waals surface area contributed by atoms with Crippen molar-refractivity contribution in [3.05, 3.63) is 53.6 Å². The SMILES string of the molecule is Clc1ccccc1Nc1nnnc2ccccc12. The van der Waals surface area contributed by atoms with Crippen LogP contribution >= 0.6 is 11.6 Å². The Bertz CT molecular complexity index is 694. The number of rotatable bonds is 2. The summed E-state index contributed by atoms with van der Waals surface area (Å²) in [5.41, 5.74) is 1.59. The van der Waals surface area contributed by atoms with Gasteiger partial charge in [-0.3, -0.25) is 0 Å². The molecule has 0 aliphatic heterocycles. The fourth-order valence-corrected chi connectivity index (χ4v) is 1.90. The molecule has 3 rings (SSSR count).